The van der Waals surface area contributed by atoms with Crippen molar-refractivity contribution in [2.45, 2.75) is 18.5 Å². The van der Waals surface area contributed by atoms with E-state index < -0.39 is 23.3 Å². The van der Waals surface area contributed by atoms with Gasteiger partial charge in [0.25, 0.3) is 0 Å². The summed E-state index contributed by atoms with van der Waals surface area (Å²) in [7, 11) is 1.37. The molecule has 0 saturated carbocycles. The molecule has 49 heavy (non-hydrogen) atoms. The Kier molecular flexibility index (Phi) is 11.7. The lowest BCUT2D eigenvalue weighted by atomic mass is 9.76. The molecule has 0 saturated heterocycles. The number of methoxy groups -OCH3 is 1. The van der Waals surface area contributed by atoms with Gasteiger partial charge in [0, 0.05) is 5.69 Å². The number of hydrogen-bond acceptors (Lipinski definition) is 8. The normalized spacial score (nSPS) is 12.0. The summed E-state index contributed by atoms with van der Waals surface area (Å²) in [6, 6.07) is 44.1. The number of anilines is 1. The Morgan fingerprint density at radius 2 is 1.31 bits per heavy atom. The highest BCUT2D eigenvalue weighted by atomic mass is 16.5. The van der Waals surface area contributed by atoms with E-state index in [2.05, 4.69) is 10.6 Å². The molecule has 5 aromatic carbocycles. The Morgan fingerprint density at radius 1 is 0.735 bits per heavy atom. The molecule has 0 aliphatic carbocycles. The maximum Gasteiger partial charge on any atom is 0.326 e. The molecule has 0 aliphatic rings. The van der Waals surface area contributed by atoms with Crippen LogP contribution in [0.15, 0.2) is 151 Å². The maximum atomic E-state index is 13.3. The minimum absolute atomic E-state index is 0.000616. The van der Waals surface area contributed by atoms with E-state index >= 15 is 0 Å². The van der Waals surface area contributed by atoms with Crippen molar-refractivity contribution in [3.8, 4) is 16.9 Å². The average molecular weight is 655 g/mol. The highest BCUT2D eigenvalue weighted by Gasteiger charge is 2.40. The molecule has 0 bridgehead atoms. The molecule has 5 rings (SSSR count). The lowest BCUT2D eigenvalue weighted by molar-refractivity contribution is -0.144. The molecule has 0 amide bonds. The minimum atomic E-state index is -0.900. The molecule has 0 heterocycles. The predicted molar refractivity (Wildman–Crippen MR) is 190 cm³/mol. The zero-order valence-corrected chi connectivity index (χ0v) is 27.4. The number of hydrogen-bond donors (Lipinski definition) is 2. The Hall–Kier alpha value is -5.99. The molecule has 248 valence electrons. The first-order valence-electron chi connectivity index (χ1n) is 15.9. The van der Waals surface area contributed by atoms with Crippen LogP contribution in [0, 0.1) is 0 Å². The first-order valence-corrected chi connectivity index (χ1v) is 15.9. The van der Waals surface area contributed by atoms with Crippen LogP contribution in [0.3, 0.4) is 0 Å². The predicted octanol–water partition coefficient (Wildman–Crippen LogP) is 6.91. The second-order valence-electron chi connectivity index (χ2n) is 11.1. The SMILES string of the molecule is CCO/C=C(\Nc1cccc(-c2ccc(OC[C@H](NC(c3ccccc3)(c3ccccc3)c3ccccc3)C(=O)OC)cc2)c1)C(=O)C=O. The number of Topliss-reactive ketones (excluding diaryl/α,β-unsaturated/α-hetero) is 1. The maximum absolute atomic E-state index is 13.3. The second-order valence-corrected chi connectivity index (χ2v) is 11.1. The molecule has 0 aliphatic heterocycles. The lowest BCUT2D eigenvalue weighted by Crippen LogP contribution is -2.55. The third kappa shape index (κ3) is 8.30. The largest absolute Gasteiger partial charge is 0.499 e. The van der Waals surface area contributed by atoms with Gasteiger partial charge in [-0.25, -0.2) is 0 Å². The van der Waals surface area contributed by atoms with Gasteiger partial charge in [-0.3, -0.25) is 19.7 Å². The smallest absolute Gasteiger partial charge is 0.326 e. The summed E-state index contributed by atoms with van der Waals surface area (Å²) < 4.78 is 16.7. The van der Waals surface area contributed by atoms with Gasteiger partial charge in [-0.2, -0.15) is 0 Å². The Labute approximate surface area is 286 Å². The molecule has 5 aromatic rings. The van der Waals surface area contributed by atoms with E-state index in [0.29, 0.717) is 18.0 Å². The topological polar surface area (TPSA) is 103 Å². The van der Waals surface area contributed by atoms with E-state index in [4.69, 9.17) is 14.2 Å². The van der Waals surface area contributed by atoms with Crippen molar-refractivity contribution in [1.82, 2.24) is 5.32 Å². The average Bonchev–Trinajstić information content (AvgIpc) is 3.17. The van der Waals surface area contributed by atoms with Crippen molar-refractivity contribution in [1.29, 1.82) is 0 Å². The zero-order chi connectivity index (χ0) is 34.5. The molecular weight excluding hydrogens is 616 g/mol. The number of carbonyl (C=O) groups is 3. The highest BCUT2D eigenvalue weighted by Crippen LogP contribution is 2.37. The van der Waals surface area contributed by atoms with Gasteiger partial charge in [0.05, 0.1) is 19.3 Å². The molecule has 8 heteroatoms. The summed E-state index contributed by atoms with van der Waals surface area (Å²) >= 11 is 0. The number of benzene rings is 5. The summed E-state index contributed by atoms with van der Waals surface area (Å²) in [6.07, 6.45) is 1.49. The summed E-state index contributed by atoms with van der Waals surface area (Å²) in [5.41, 5.74) is 4.40. The fourth-order valence-corrected chi connectivity index (χ4v) is 5.62. The number of rotatable bonds is 16. The van der Waals surface area contributed by atoms with E-state index in [9.17, 15) is 14.4 Å². The number of ketones is 1. The van der Waals surface area contributed by atoms with Gasteiger partial charge in [-0.05, 0) is 59.0 Å². The van der Waals surface area contributed by atoms with Crippen molar-refractivity contribution >= 4 is 23.7 Å². The lowest BCUT2D eigenvalue weighted by Gasteiger charge is -2.39. The highest BCUT2D eigenvalue weighted by molar-refractivity contribution is 6.33. The number of esters is 1. The van der Waals surface area contributed by atoms with E-state index in [1.54, 1.807) is 13.0 Å². The van der Waals surface area contributed by atoms with Crippen molar-refractivity contribution in [2.75, 3.05) is 25.6 Å². The molecule has 0 unspecified atom stereocenters. The van der Waals surface area contributed by atoms with Crippen molar-refractivity contribution in [2.24, 2.45) is 0 Å². The van der Waals surface area contributed by atoms with Crippen LogP contribution in [-0.2, 0) is 29.4 Å². The molecule has 8 nitrogen and oxygen atoms in total. The van der Waals surface area contributed by atoms with Crippen LogP contribution in [-0.4, -0.2) is 44.4 Å². The first kappa shape index (κ1) is 34.3. The Balaban J connectivity index is 1.39. The van der Waals surface area contributed by atoms with Crippen molar-refractivity contribution in [3.63, 3.8) is 0 Å². The number of aldehydes is 1. The van der Waals surface area contributed by atoms with E-state index in [-0.39, 0.29) is 18.6 Å². The summed E-state index contributed by atoms with van der Waals surface area (Å²) in [6.45, 7) is 2.14. The van der Waals surface area contributed by atoms with Gasteiger partial charge in [-0.15, -0.1) is 0 Å². The molecule has 2 N–H and O–H groups in total. The zero-order valence-electron chi connectivity index (χ0n) is 27.4. The number of carbonyl (C=O) groups excluding carboxylic acids is 3. The van der Waals surface area contributed by atoms with Gasteiger partial charge in [-0.1, -0.05) is 115 Å². The minimum Gasteiger partial charge on any atom is -0.499 e. The van der Waals surface area contributed by atoms with Crippen LogP contribution >= 0.6 is 0 Å². The molecule has 0 aromatic heterocycles. The second kappa shape index (κ2) is 16.7. The van der Waals surface area contributed by atoms with Crippen molar-refractivity contribution < 1.29 is 28.6 Å². The van der Waals surface area contributed by atoms with Gasteiger partial charge in [0.15, 0.2) is 6.29 Å². The Bertz CT molecular complexity index is 1760. The van der Waals surface area contributed by atoms with Crippen LogP contribution in [0.25, 0.3) is 11.1 Å². The summed E-state index contributed by atoms with van der Waals surface area (Å²) in [4.78, 5) is 36.5. The van der Waals surface area contributed by atoms with Crippen LogP contribution in [0.2, 0.25) is 0 Å². The number of allylic oxidation sites excluding steroid dienone is 1. The van der Waals surface area contributed by atoms with Gasteiger partial charge >= 0.3 is 5.97 Å². The van der Waals surface area contributed by atoms with Gasteiger partial charge in [0.2, 0.25) is 5.78 Å². The van der Waals surface area contributed by atoms with E-state index in [1.807, 2.05) is 133 Å². The fraction of sp³-hybridized carbons (Fsp3) is 0.146. The van der Waals surface area contributed by atoms with Gasteiger partial charge in [0.1, 0.15) is 30.4 Å². The first-order chi connectivity index (χ1) is 24.0. The summed E-state index contributed by atoms with van der Waals surface area (Å²) in [5.74, 6) is -0.607. The van der Waals surface area contributed by atoms with Crippen LogP contribution < -0.4 is 15.4 Å². The summed E-state index contributed by atoms with van der Waals surface area (Å²) in [5, 5.41) is 6.62. The standard InChI is InChI=1S/C41H38N2O6/c1-3-48-28-37(39(45)27-44)42-35-21-13-14-31(26-35)30-22-24-36(25-23-30)49-29-38(40(46)47-2)43-41(32-15-7-4-8-16-32,33-17-9-5-10-18-33)34-19-11-6-12-20-34/h4-28,38,42-43H,3,29H2,1-2H3/b37-28-/t38-/m0/s1. The van der Waals surface area contributed by atoms with Gasteiger partial charge < -0.3 is 19.5 Å². The quantitative estimate of drug-likeness (QED) is 0.0296. The Morgan fingerprint density at radius 3 is 1.82 bits per heavy atom. The third-order valence-electron chi connectivity index (χ3n) is 7.98. The molecule has 0 spiro atoms. The van der Waals surface area contributed by atoms with E-state index in [0.717, 1.165) is 27.8 Å². The molecular formula is C41H38N2O6. The number of ether oxygens (including phenoxy) is 3. The van der Waals surface area contributed by atoms with Crippen LogP contribution in [0.4, 0.5) is 5.69 Å². The number of nitrogens with one attached hydrogen (secondary N) is 2. The molecule has 0 radical (unpaired) electrons. The van der Waals surface area contributed by atoms with E-state index in [1.165, 1.54) is 13.4 Å². The molecule has 1 atom stereocenters. The van der Waals surface area contributed by atoms with Crippen molar-refractivity contribution in [3.05, 3.63) is 168 Å². The van der Waals surface area contributed by atoms with Crippen LogP contribution in [0.5, 0.6) is 5.75 Å². The third-order valence-corrected chi connectivity index (χ3v) is 7.98. The molecule has 0 fully saturated rings. The fourth-order valence-electron chi connectivity index (χ4n) is 5.62. The monoisotopic (exact) mass is 654 g/mol. The van der Waals surface area contributed by atoms with Crippen LogP contribution in [0.1, 0.15) is 23.6 Å².